The average molecular weight is 492 g/mol. The van der Waals surface area contributed by atoms with Gasteiger partial charge in [-0.2, -0.15) is 4.31 Å². The third kappa shape index (κ3) is 4.79. The molecule has 1 atom stereocenters. The number of carbonyl (C=O) groups excluding carboxylic acids is 1. The maximum absolute atomic E-state index is 14.2. The molecule has 1 aliphatic rings. The van der Waals surface area contributed by atoms with E-state index in [9.17, 15) is 17.6 Å². The zero-order valence-electron chi connectivity index (χ0n) is 18.5. The lowest BCUT2D eigenvalue weighted by molar-refractivity contribution is 0.0917. The van der Waals surface area contributed by atoms with Gasteiger partial charge in [0, 0.05) is 25.3 Å². The molecule has 2 heterocycles. The van der Waals surface area contributed by atoms with Crippen LogP contribution in [-0.2, 0) is 14.8 Å². The first-order valence-electron chi connectivity index (χ1n) is 10.9. The maximum atomic E-state index is 14.2. The van der Waals surface area contributed by atoms with Crippen LogP contribution in [0.15, 0.2) is 47.4 Å². The van der Waals surface area contributed by atoms with E-state index in [4.69, 9.17) is 4.74 Å². The molecule has 0 radical (unpaired) electrons. The molecule has 0 aliphatic carbocycles. The Morgan fingerprint density at radius 1 is 1.18 bits per heavy atom. The second-order valence-corrected chi connectivity index (χ2v) is 10.7. The van der Waals surface area contributed by atoms with Crippen LogP contribution in [0.1, 0.15) is 37.0 Å². The summed E-state index contributed by atoms with van der Waals surface area (Å²) in [5.41, 5.74) is 0.550. The fourth-order valence-corrected chi connectivity index (χ4v) is 6.34. The Balaban J connectivity index is 1.66. The molecule has 1 aromatic heterocycles. The number of rotatable bonds is 8. The lowest BCUT2D eigenvalue weighted by Gasteiger charge is -2.23. The Hall–Kier alpha value is -2.40. The summed E-state index contributed by atoms with van der Waals surface area (Å²) in [6, 6.07) is 10.6. The molecule has 2 aromatic carbocycles. The van der Waals surface area contributed by atoms with Crippen molar-refractivity contribution in [2.75, 3.05) is 31.1 Å². The Morgan fingerprint density at radius 3 is 2.52 bits per heavy atom. The van der Waals surface area contributed by atoms with E-state index in [2.05, 4.69) is 4.98 Å². The molecule has 0 bridgehead atoms. The lowest BCUT2D eigenvalue weighted by Crippen LogP contribution is -2.37. The van der Waals surface area contributed by atoms with Crippen molar-refractivity contribution < 1.29 is 22.3 Å². The van der Waals surface area contributed by atoms with Crippen LogP contribution in [0.25, 0.3) is 10.2 Å². The van der Waals surface area contributed by atoms with E-state index in [0.29, 0.717) is 41.6 Å². The molecule has 0 saturated carbocycles. The van der Waals surface area contributed by atoms with E-state index >= 15 is 0 Å². The van der Waals surface area contributed by atoms with Crippen LogP contribution < -0.4 is 4.90 Å². The highest BCUT2D eigenvalue weighted by Gasteiger charge is 2.28. The van der Waals surface area contributed by atoms with Crippen LogP contribution in [0.2, 0.25) is 0 Å². The van der Waals surface area contributed by atoms with Gasteiger partial charge < -0.3 is 4.74 Å². The average Bonchev–Trinajstić information content (AvgIpc) is 3.48. The number of halogens is 1. The summed E-state index contributed by atoms with van der Waals surface area (Å²) in [5.74, 6) is -0.776. The Morgan fingerprint density at radius 2 is 1.91 bits per heavy atom. The van der Waals surface area contributed by atoms with Crippen LogP contribution in [0, 0.1) is 5.82 Å². The predicted octanol–water partition coefficient (Wildman–Crippen LogP) is 4.29. The van der Waals surface area contributed by atoms with Gasteiger partial charge in [0.2, 0.25) is 10.0 Å². The van der Waals surface area contributed by atoms with Gasteiger partial charge in [-0.3, -0.25) is 9.69 Å². The number of aromatic nitrogens is 1. The van der Waals surface area contributed by atoms with Gasteiger partial charge in [-0.15, -0.1) is 0 Å². The standard InChI is InChI=1S/C23H26FN3O4S2/c1-3-26(4-2)33(29,30)18-12-10-16(11-13-18)22(28)27(15-17-7-6-14-31-17)23-25-21-19(24)8-5-9-20(21)32-23/h5,8-13,17H,3-4,6-7,14-15H2,1-2H3. The van der Waals surface area contributed by atoms with Crippen molar-refractivity contribution in [1.82, 2.24) is 9.29 Å². The number of thiazole rings is 1. The first-order chi connectivity index (χ1) is 15.8. The molecule has 0 N–H and O–H groups in total. The van der Waals surface area contributed by atoms with Crippen LogP contribution in [0.3, 0.4) is 0 Å². The number of ether oxygens (including phenoxy) is 1. The number of sulfonamides is 1. The van der Waals surface area contributed by atoms with Crippen molar-refractivity contribution in [1.29, 1.82) is 0 Å². The zero-order chi connectivity index (χ0) is 23.6. The van der Waals surface area contributed by atoms with Gasteiger partial charge in [-0.05, 0) is 49.2 Å². The highest BCUT2D eigenvalue weighted by atomic mass is 32.2. The first-order valence-corrected chi connectivity index (χ1v) is 13.2. The molecular formula is C23H26FN3O4S2. The lowest BCUT2D eigenvalue weighted by atomic mass is 10.2. The quantitative estimate of drug-likeness (QED) is 0.470. The molecule has 1 amide bonds. The van der Waals surface area contributed by atoms with Crippen molar-refractivity contribution in [3.63, 3.8) is 0 Å². The first kappa shape index (κ1) is 23.7. The molecule has 1 fully saturated rings. The molecule has 4 rings (SSSR count). The summed E-state index contributed by atoms with van der Waals surface area (Å²) in [7, 11) is -3.62. The van der Waals surface area contributed by atoms with E-state index < -0.39 is 15.8 Å². The van der Waals surface area contributed by atoms with Gasteiger partial charge in [-0.1, -0.05) is 31.3 Å². The molecule has 3 aromatic rings. The Bertz CT molecular complexity index is 1230. The number of hydrogen-bond donors (Lipinski definition) is 0. The number of fused-ring (bicyclic) bond motifs is 1. The molecule has 33 heavy (non-hydrogen) atoms. The summed E-state index contributed by atoms with van der Waals surface area (Å²) >= 11 is 1.24. The summed E-state index contributed by atoms with van der Waals surface area (Å²) in [5, 5.41) is 0.385. The summed E-state index contributed by atoms with van der Waals surface area (Å²) in [6.45, 7) is 5.22. The molecule has 1 aliphatic heterocycles. The van der Waals surface area contributed by atoms with E-state index in [0.717, 1.165) is 12.8 Å². The number of nitrogens with zero attached hydrogens (tertiary/aromatic N) is 3. The minimum Gasteiger partial charge on any atom is -0.376 e. The topological polar surface area (TPSA) is 79.8 Å². The van der Waals surface area contributed by atoms with Gasteiger partial charge in [0.05, 0.1) is 22.2 Å². The van der Waals surface area contributed by atoms with Gasteiger partial charge in [0.15, 0.2) is 5.13 Å². The van der Waals surface area contributed by atoms with E-state index in [1.165, 1.54) is 50.9 Å². The fourth-order valence-electron chi connectivity index (χ4n) is 3.90. The fraction of sp³-hybridized carbons (Fsp3) is 0.391. The van der Waals surface area contributed by atoms with Crippen LogP contribution in [-0.4, -0.2) is 56.0 Å². The highest BCUT2D eigenvalue weighted by Crippen LogP contribution is 2.32. The van der Waals surface area contributed by atoms with Crippen molar-refractivity contribution in [2.45, 2.75) is 37.7 Å². The normalized spacial score (nSPS) is 16.5. The second kappa shape index (κ2) is 9.84. The zero-order valence-corrected chi connectivity index (χ0v) is 20.2. The molecule has 7 nitrogen and oxygen atoms in total. The molecular weight excluding hydrogens is 465 g/mol. The minimum atomic E-state index is -3.62. The van der Waals surface area contributed by atoms with E-state index in [1.807, 2.05) is 0 Å². The molecule has 10 heteroatoms. The number of anilines is 1. The number of amides is 1. The van der Waals surface area contributed by atoms with E-state index in [1.54, 1.807) is 26.0 Å². The minimum absolute atomic E-state index is 0.131. The number of benzene rings is 2. The van der Waals surface area contributed by atoms with Crippen molar-refractivity contribution in [3.05, 3.63) is 53.8 Å². The molecule has 1 saturated heterocycles. The maximum Gasteiger partial charge on any atom is 0.260 e. The number of hydrogen-bond acceptors (Lipinski definition) is 6. The van der Waals surface area contributed by atoms with Gasteiger partial charge in [-0.25, -0.2) is 17.8 Å². The molecule has 176 valence electrons. The monoisotopic (exact) mass is 491 g/mol. The summed E-state index contributed by atoms with van der Waals surface area (Å²) < 4.78 is 47.5. The van der Waals surface area contributed by atoms with Gasteiger partial charge >= 0.3 is 0 Å². The third-order valence-corrected chi connectivity index (χ3v) is 8.80. The van der Waals surface area contributed by atoms with Crippen molar-refractivity contribution in [3.8, 4) is 0 Å². The van der Waals surface area contributed by atoms with Crippen molar-refractivity contribution >= 4 is 42.6 Å². The largest absolute Gasteiger partial charge is 0.376 e. The smallest absolute Gasteiger partial charge is 0.260 e. The number of carbonyl (C=O) groups is 1. The summed E-state index contributed by atoms with van der Waals surface area (Å²) in [4.78, 5) is 19.5. The Labute approximate surface area is 196 Å². The predicted molar refractivity (Wildman–Crippen MR) is 127 cm³/mol. The van der Waals surface area contributed by atoms with E-state index in [-0.39, 0.29) is 22.4 Å². The van der Waals surface area contributed by atoms with Crippen molar-refractivity contribution in [2.24, 2.45) is 0 Å². The molecule has 0 spiro atoms. The summed E-state index contributed by atoms with van der Waals surface area (Å²) in [6.07, 6.45) is 1.61. The highest BCUT2D eigenvalue weighted by molar-refractivity contribution is 7.89. The SMILES string of the molecule is CCN(CC)S(=O)(=O)c1ccc(C(=O)N(CC2CCCO2)c2nc3c(F)cccc3s2)cc1. The molecule has 1 unspecified atom stereocenters. The van der Waals surface area contributed by atoms with Crippen LogP contribution in [0.5, 0.6) is 0 Å². The van der Waals surface area contributed by atoms with Crippen LogP contribution in [0.4, 0.5) is 9.52 Å². The third-order valence-electron chi connectivity index (χ3n) is 5.69. The second-order valence-electron chi connectivity index (χ2n) is 7.75. The Kier molecular flexibility index (Phi) is 7.08. The van der Waals surface area contributed by atoms with Crippen LogP contribution >= 0.6 is 11.3 Å². The number of para-hydroxylation sites is 1. The van der Waals surface area contributed by atoms with Gasteiger partial charge in [0.1, 0.15) is 11.3 Å². The van der Waals surface area contributed by atoms with Gasteiger partial charge in [0.25, 0.3) is 5.91 Å².